The van der Waals surface area contributed by atoms with Crippen LogP contribution in [0.15, 0.2) is 36.4 Å². The summed E-state index contributed by atoms with van der Waals surface area (Å²) >= 11 is 0. The zero-order valence-electron chi connectivity index (χ0n) is 19.6. The molecule has 32 heavy (non-hydrogen) atoms. The van der Waals surface area contributed by atoms with E-state index < -0.39 is 12.0 Å². The molecule has 0 aliphatic carbocycles. The van der Waals surface area contributed by atoms with Gasteiger partial charge in [0.2, 0.25) is 11.7 Å². The van der Waals surface area contributed by atoms with E-state index in [0.717, 1.165) is 17.5 Å². The zero-order chi connectivity index (χ0) is 23.4. The van der Waals surface area contributed by atoms with Gasteiger partial charge in [0, 0.05) is 18.2 Å². The molecule has 7 nitrogen and oxygen atoms in total. The molecule has 0 fully saturated rings. The molecule has 3 rings (SSSR count). The Morgan fingerprint density at radius 3 is 2.22 bits per heavy atom. The van der Waals surface area contributed by atoms with E-state index in [2.05, 4.69) is 5.32 Å². The Kier molecular flexibility index (Phi) is 7.28. The molecule has 0 saturated heterocycles. The lowest BCUT2D eigenvalue weighted by Gasteiger charge is -2.42. The minimum atomic E-state index is -0.583. The number of hydrogen-bond donors (Lipinski definition) is 1. The summed E-state index contributed by atoms with van der Waals surface area (Å²) in [4.78, 5) is 28.8. The van der Waals surface area contributed by atoms with Crippen molar-refractivity contribution in [3.63, 3.8) is 0 Å². The van der Waals surface area contributed by atoms with Crippen molar-refractivity contribution < 1.29 is 23.8 Å². The smallest absolute Gasteiger partial charge is 0.254 e. The van der Waals surface area contributed by atoms with Crippen LogP contribution < -0.4 is 19.5 Å². The number of methoxy groups -OCH3 is 3. The summed E-state index contributed by atoms with van der Waals surface area (Å²) in [6.45, 7) is 6.38. The maximum absolute atomic E-state index is 13.5. The maximum atomic E-state index is 13.5. The minimum absolute atomic E-state index is 0.0347. The predicted octanol–water partition coefficient (Wildman–Crippen LogP) is 3.93. The number of rotatable bonds is 8. The molecule has 2 amide bonds. The molecule has 2 atom stereocenters. The first kappa shape index (κ1) is 23.4. The van der Waals surface area contributed by atoms with Crippen molar-refractivity contribution in [1.29, 1.82) is 0 Å². The van der Waals surface area contributed by atoms with Gasteiger partial charge in [-0.15, -0.1) is 0 Å². The van der Waals surface area contributed by atoms with Crippen molar-refractivity contribution in [2.75, 3.05) is 27.9 Å². The van der Waals surface area contributed by atoms with Gasteiger partial charge < -0.3 is 24.4 Å². The fourth-order valence-electron chi connectivity index (χ4n) is 4.38. The van der Waals surface area contributed by atoms with Crippen molar-refractivity contribution in [2.24, 2.45) is 0 Å². The largest absolute Gasteiger partial charge is 0.493 e. The lowest BCUT2D eigenvalue weighted by molar-refractivity contribution is -0.124. The topological polar surface area (TPSA) is 77.1 Å². The van der Waals surface area contributed by atoms with E-state index >= 15 is 0 Å². The number of nitrogens with zero attached hydrogens (tertiary/aromatic N) is 1. The molecule has 2 aromatic carbocycles. The van der Waals surface area contributed by atoms with E-state index in [1.165, 1.54) is 0 Å². The molecule has 172 valence electrons. The highest BCUT2D eigenvalue weighted by Gasteiger charge is 2.44. The molecule has 7 heteroatoms. The van der Waals surface area contributed by atoms with Crippen LogP contribution in [0.3, 0.4) is 0 Å². The average molecular weight is 441 g/mol. The number of benzene rings is 2. The van der Waals surface area contributed by atoms with Crippen LogP contribution in [0.2, 0.25) is 0 Å². The second-order valence-electron chi connectivity index (χ2n) is 8.13. The molecule has 2 aromatic rings. The normalized spacial score (nSPS) is 17.7. The fourth-order valence-corrected chi connectivity index (χ4v) is 4.38. The Morgan fingerprint density at radius 1 is 1.06 bits per heavy atom. The first-order valence-corrected chi connectivity index (χ1v) is 10.9. The Balaban J connectivity index is 2.27. The summed E-state index contributed by atoms with van der Waals surface area (Å²) < 4.78 is 16.6. The summed E-state index contributed by atoms with van der Waals surface area (Å²) in [5, 5.41) is 3.05. The van der Waals surface area contributed by atoms with Gasteiger partial charge in [-0.3, -0.25) is 9.59 Å². The van der Waals surface area contributed by atoms with Gasteiger partial charge in [-0.05, 0) is 49.6 Å². The molecule has 0 spiro atoms. The van der Waals surface area contributed by atoms with Crippen molar-refractivity contribution in [3.8, 4) is 17.2 Å². The van der Waals surface area contributed by atoms with Crippen molar-refractivity contribution in [2.45, 2.75) is 45.2 Å². The average Bonchev–Trinajstić information content (AvgIpc) is 2.79. The number of amides is 2. The van der Waals surface area contributed by atoms with Crippen molar-refractivity contribution in [1.82, 2.24) is 10.2 Å². The SMILES string of the molecule is CCCN1C(=O)c2ccccc2[C@@H](C(=O)NC(C)C)[C@@H]1c1cc(OC)c(OC)c(OC)c1. The van der Waals surface area contributed by atoms with E-state index in [1.54, 1.807) is 32.3 Å². The van der Waals surface area contributed by atoms with Gasteiger partial charge in [-0.25, -0.2) is 0 Å². The minimum Gasteiger partial charge on any atom is -0.493 e. The second-order valence-corrected chi connectivity index (χ2v) is 8.13. The highest BCUT2D eigenvalue weighted by molar-refractivity contribution is 6.01. The first-order valence-electron chi connectivity index (χ1n) is 10.9. The molecule has 0 aromatic heterocycles. The third-order valence-corrected chi connectivity index (χ3v) is 5.65. The maximum Gasteiger partial charge on any atom is 0.254 e. The summed E-state index contributed by atoms with van der Waals surface area (Å²) in [6, 6.07) is 10.4. The third kappa shape index (κ3) is 4.24. The van der Waals surface area contributed by atoms with Crippen molar-refractivity contribution in [3.05, 3.63) is 53.1 Å². The molecule has 1 N–H and O–H groups in total. The van der Waals surface area contributed by atoms with Crippen LogP contribution in [-0.4, -0.2) is 50.6 Å². The third-order valence-electron chi connectivity index (χ3n) is 5.65. The monoisotopic (exact) mass is 440 g/mol. The van der Waals surface area contributed by atoms with Crippen LogP contribution in [-0.2, 0) is 4.79 Å². The van der Waals surface area contributed by atoms with Crippen molar-refractivity contribution >= 4 is 11.8 Å². The van der Waals surface area contributed by atoms with Crippen LogP contribution in [0.1, 0.15) is 60.6 Å². The zero-order valence-corrected chi connectivity index (χ0v) is 19.6. The van der Waals surface area contributed by atoms with Crippen LogP contribution in [0.4, 0.5) is 0 Å². The number of carbonyl (C=O) groups excluding carboxylic acids is 2. The van der Waals surface area contributed by atoms with Gasteiger partial charge in [0.1, 0.15) is 0 Å². The lowest BCUT2D eigenvalue weighted by Crippen LogP contribution is -2.48. The van der Waals surface area contributed by atoms with Gasteiger partial charge in [0.25, 0.3) is 5.91 Å². The Hall–Kier alpha value is -3.22. The highest BCUT2D eigenvalue weighted by Crippen LogP contribution is 2.47. The number of hydrogen-bond acceptors (Lipinski definition) is 5. The first-order chi connectivity index (χ1) is 15.4. The molecular formula is C25H32N2O5. The molecule has 0 unspecified atom stereocenters. The Labute approximate surface area is 189 Å². The predicted molar refractivity (Wildman–Crippen MR) is 123 cm³/mol. The quantitative estimate of drug-likeness (QED) is 0.673. The molecule has 1 aliphatic heterocycles. The van der Waals surface area contributed by atoms with Crippen LogP contribution >= 0.6 is 0 Å². The molecular weight excluding hydrogens is 408 g/mol. The van der Waals surface area contributed by atoms with E-state index in [-0.39, 0.29) is 17.9 Å². The summed E-state index contributed by atoms with van der Waals surface area (Å²) in [7, 11) is 4.65. The number of nitrogens with one attached hydrogen (secondary N) is 1. The molecule has 0 radical (unpaired) electrons. The van der Waals surface area contributed by atoms with E-state index in [0.29, 0.717) is 29.4 Å². The Bertz CT molecular complexity index is 963. The van der Waals surface area contributed by atoms with E-state index in [9.17, 15) is 9.59 Å². The van der Waals surface area contributed by atoms with Crippen LogP contribution in [0, 0.1) is 0 Å². The van der Waals surface area contributed by atoms with Crippen LogP contribution in [0.25, 0.3) is 0 Å². The molecule has 1 heterocycles. The van der Waals surface area contributed by atoms with Gasteiger partial charge >= 0.3 is 0 Å². The molecule has 1 aliphatic rings. The van der Waals surface area contributed by atoms with E-state index in [1.807, 2.05) is 51.1 Å². The number of carbonyl (C=O) groups is 2. The number of ether oxygens (including phenoxy) is 3. The number of fused-ring (bicyclic) bond motifs is 1. The summed E-state index contributed by atoms with van der Waals surface area (Å²) in [5.41, 5.74) is 2.04. The molecule has 0 saturated carbocycles. The van der Waals surface area contributed by atoms with Gasteiger partial charge in [-0.2, -0.15) is 0 Å². The van der Waals surface area contributed by atoms with Gasteiger partial charge in [0.15, 0.2) is 11.5 Å². The lowest BCUT2D eigenvalue weighted by atomic mass is 9.78. The highest BCUT2D eigenvalue weighted by atomic mass is 16.5. The summed E-state index contributed by atoms with van der Waals surface area (Å²) in [5.74, 6) is 0.627. The van der Waals surface area contributed by atoms with Gasteiger partial charge in [0.05, 0.1) is 33.3 Å². The fraction of sp³-hybridized carbons (Fsp3) is 0.440. The summed E-state index contributed by atoms with van der Waals surface area (Å²) in [6.07, 6.45) is 0.757. The van der Waals surface area contributed by atoms with E-state index in [4.69, 9.17) is 14.2 Å². The Morgan fingerprint density at radius 2 is 1.69 bits per heavy atom. The van der Waals surface area contributed by atoms with Gasteiger partial charge in [-0.1, -0.05) is 25.1 Å². The second kappa shape index (κ2) is 9.94. The van der Waals surface area contributed by atoms with Crippen LogP contribution in [0.5, 0.6) is 17.2 Å². The molecule has 0 bridgehead atoms. The standard InChI is InChI=1S/C25H32N2O5/c1-7-12-27-22(16-13-19(30-4)23(32-6)20(14-16)31-5)21(24(28)26-15(2)3)17-10-8-9-11-18(17)25(27)29/h8-11,13-15,21-22H,7,12H2,1-6H3,(H,26,28)/t21-,22+/m1/s1.